The summed E-state index contributed by atoms with van der Waals surface area (Å²) in [4.78, 5) is 7.64. The molecule has 0 aliphatic carbocycles. The fraction of sp³-hybridized carbons (Fsp3) is 0.143. The van der Waals surface area contributed by atoms with Crippen LogP contribution in [0.3, 0.4) is 0 Å². The van der Waals surface area contributed by atoms with Gasteiger partial charge in [-0.1, -0.05) is 28.1 Å². The van der Waals surface area contributed by atoms with E-state index in [9.17, 15) is 0 Å². The van der Waals surface area contributed by atoms with E-state index in [2.05, 4.69) is 25.9 Å². The van der Waals surface area contributed by atoms with Crippen LogP contribution in [0.5, 0.6) is 0 Å². The predicted octanol–water partition coefficient (Wildman–Crippen LogP) is 2.54. The molecule has 0 atom stereocenters. The van der Waals surface area contributed by atoms with Crippen molar-refractivity contribution in [3.8, 4) is 0 Å². The van der Waals surface area contributed by atoms with Gasteiger partial charge in [0, 0.05) is 23.3 Å². The molecule has 1 aromatic rings. The lowest BCUT2D eigenvalue weighted by Gasteiger charge is -1.89. The van der Waals surface area contributed by atoms with Crippen LogP contribution in [0.15, 0.2) is 18.5 Å². The van der Waals surface area contributed by atoms with E-state index < -0.39 is 0 Å². The average molecular weight is 233 g/mol. The van der Waals surface area contributed by atoms with Gasteiger partial charge in [-0.25, -0.2) is 9.97 Å². The number of rotatable bonds is 2. The average Bonchev–Trinajstić information content (AvgIpc) is 2.04. The molecule has 0 saturated carbocycles. The van der Waals surface area contributed by atoms with Crippen molar-refractivity contribution in [1.82, 2.24) is 9.97 Å². The first kappa shape index (κ1) is 8.68. The highest BCUT2D eigenvalue weighted by atomic mass is 79.9. The Morgan fingerprint density at radius 1 is 1.45 bits per heavy atom. The van der Waals surface area contributed by atoms with Gasteiger partial charge in [-0.05, 0) is 11.6 Å². The molecular weight excluding hydrogens is 227 g/mol. The van der Waals surface area contributed by atoms with Crippen molar-refractivity contribution in [1.29, 1.82) is 0 Å². The quantitative estimate of drug-likeness (QED) is 0.579. The lowest BCUT2D eigenvalue weighted by molar-refractivity contribution is 1.16. The van der Waals surface area contributed by atoms with Crippen LogP contribution in [0.25, 0.3) is 6.08 Å². The van der Waals surface area contributed by atoms with E-state index in [0.29, 0.717) is 0 Å². The van der Waals surface area contributed by atoms with E-state index in [1.165, 1.54) is 0 Å². The Balaban J connectivity index is 2.73. The van der Waals surface area contributed by atoms with E-state index in [4.69, 9.17) is 11.6 Å². The molecule has 0 saturated heterocycles. The first-order valence-corrected chi connectivity index (χ1v) is 4.53. The van der Waals surface area contributed by atoms with Gasteiger partial charge < -0.3 is 0 Å². The van der Waals surface area contributed by atoms with E-state index in [0.717, 1.165) is 10.9 Å². The summed E-state index contributed by atoms with van der Waals surface area (Å²) in [5.41, 5.74) is 0.953. The number of hydrogen-bond acceptors (Lipinski definition) is 2. The van der Waals surface area contributed by atoms with Crippen LogP contribution in [0, 0.1) is 0 Å². The highest BCUT2D eigenvalue weighted by Gasteiger charge is 1.88. The third-order valence-corrected chi connectivity index (χ3v) is 1.61. The number of alkyl halides is 1. The zero-order chi connectivity index (χ0) is 8.10. The molecule has 0 radical (unpaired) electrons. The van der Waals surface area contributed by atoms with Gasteiger partial charge in [-0.2, -0.15) is 0 Å². The largest absolute Gasteiger partial charge is 0.226 e. The maximum atomic E-state index is 5.49. The Morgan fingerprint density at radius 3 is 2.64 bits per heavy atom. The normalized spacial score (nSPS) is 10.7. The molecule has 0 bridgehead atoms. The van der Waals surface area contributed by atoms with Crippen molar-refractivity contribution in [2.24, 2.45) is 0 Å². The number of halogens is 2. The first-order chi connectivity index (χ1) is 5.33. The Hall–Kier alpha value is -0.410. The van der Waals surface area contributed by atoms with Crippen LogP contribution in [0.1, 0.15) is 5.56 Å². The summed E-state index contributed by atoms with van der Waals surface area (Å²) in [5.74, 6) is 0. The molecular formula is C7H6BrClN2. The molecule has 0 unspecified atom stereocenters. The Morgan fingerprint density at radius 2 is 2.09 bits per heavy atom. The highest BCUT2D eigenvalue weighted by Crippen LogP contribution is 2.02. The van der Waals surface area contributed by atoms with Crippen LogP contribution < -0.4 is 0 Å². The fourth-order valence-electron chi connectivity index (χ4n) is 0.589. The molecule has 0 amide bonds. The van der Waals surface area contributed by atoms with Crippen LogP contribution in [-0.4, -0.2) is 15.3 Å². The summed E-state index contributed by atoms with van der Waals surface area (Å²) >= 11 is 8.76. The van der Waals surface area contributed by atoms with Crippen molar-refractivity contribution >= 4 is 33.6 Å². The number of nitrogens with zero attached hydrogens (tertiary/aromatic N) is 2. The predicted molar refractivity (Wildman–Crippen MR) is 49.9 cm³/mol. The Kier molecular flexibility index (Phi) is 3.52. The minimum absolute atomic E-state index is 0.279. The van der Waals surface area contributed by atoms with Gasteiger partial charge in [-0.3, -0.25) is 0 Å². The summed E-state index contributed by atoms with van der Waals surface area (Å²) < 4.78 is 0. The summed E-state index contributed by atoms with van der Waals surface area (Å²) in [6.45, 7) is 0. The molecule has 58 valence electrons. The highest BCUT2D eigenvalue weighted by molar-refractivity contribution is 9.09. The second-order valence-electron chi connectivity index (χ2n) is 1.84. The molecule has 0 aromatic carbocycles. The van der Waals surface area contributed by atoms with Crippen molar-refractivity contribution < 1.29 is 0 Å². The molecule has 0 aliphatic rings. The third kappa shape index (κ3) is 2.99. The molecule has 1 aromatic heterocycles. The fourth-order valence-corrected chi connectivity index (χ4v) is 0.873. The van der Waals surface area contributed by atoms with Crippen LogP contribution in [0.2, 0.25) is 5.28 Å². The summed E-state index contributed by atoms with van der Waals surface area (Å²) in [7, 11) is 0. The van der Waals surface area contributed by atoms with Crippen LogP contribution in [0.4, 0.5) is 0 Å². The van der Waals surface area contributed by atoms with E-state index in [1.54, 1.807) is 12.4 Å². The van der Waals surface area contributed by atoms with E-state index >= 15 is 0 Å². The zero-order valence-corrected chi connectivity index (χ0v) is 8.01. The molecule has 4 heteroatoms. The van der Waals surface area contributed by atoms with Gasteiger partial charge in [0.05, 0.1) is 0 Å². The standard InChI is InChI=1S/C7H6BrClN2/c8-3-1-2-6-4-10-7(9)11-5-6/h1-2,4-5H,3H2. The van der Waals surface area contributed by atoms with Crippen molar-refractivity contribution in [3.63, 3.8) is 0 Å². The molecule has 1 heterocycles. The monoisotopic (exact) mass is 232 g/mol. The maximum Gasteiger partial charge on any atom is 0.222 e. The molecule has 0 fully saturated rings. The van der Waals surface area contributed by atoms with E-state index in [-0.39, 0.29) is 5.28 Å². The lowest BCUT2D eigenvalue weighted by Crippen LogP contribution is -1.81. The number of hydrogen-bond donors (Lipinski definition) is 0. The minimum atomic E-state index is 0.279. The summed E-state index contributed by atoms with van der Waals surface area (Å²) in [6.07, 6.45) is 7.24. The van der Waals surface area contributed by atoms with Crippen LogP contribution in [-0.2, 0) is 0 Å². The number of aromatic nitrogens is 2. The van der Waals surface area contributed by atoms with Crippen molar-refractivity contribution in [2.45, 2.75) is 0 Å². The second kappa shape index (κ2) is 4.46. The van der Waals surface area contributed by atoms with Crippen molar-refractivity contribution in [2.75, 3.05) is 5.33 Å². The topological polar surface area (TPSA) is 25.8 Å². The SMILES string of the molecule is Clc1ncc(C=CCBr)cn1. The zero-order valence-electron chi connectivity index (χ0n) is 5.67. The van der Waals surface area contributed by atoms with Gasteiger partial charge in [0.2, 0.25) is 5.28 Å². The van der Waals surface area contributed by atoms with Gasteiger partial charge in [0.15, 0.2) is 0 Å². The van der Waals surface area contributed by atoms with Crippen molar-refractivity contribution in [3.05, 3.63) is 29.3 Å². The van der Waals surface area contributed by atoms with Gasteiger partial charge in [-0.15, -0.1) is 0 Å². The minimum Gasteiger partial charge on any atom is -0.226 e. The van der Waals surface area contributed by atoms with Gasteiger partial charge >= 0.3 is 0 Å². The Bertz CT molecular complexity index is 245. The van der Waals surface area contributed by atoms with Gasteiger partial charge in [0.1, 0.15) is 0 Å². The summed E-state index contributed by atoms with van der Waals surface area (Å²) in [5, 5.41) is 1.11. The second-order valence-corrected chi connectivity index (χ2v) is 2.83. The first-order valence-electron chi connectivity index (χ1n) is 3.03. The van der Waals surface area contributed by atoms with E-state index in [1.807, 2.05) is 12.2 Å². The molecule has 0 aliphatic heterocycles. The van der Waals surface area contributed by atoms with Crippen LogP contribution >= 0.6 is 27.5 Å². The molecule has 11 heavy (non-hydrogen) atoms. The third-order valence-electron chi connectivity index (χ3n) is 1.04. The molecule has 1 rings (SSSR count). The van der Waals surface area contributed by atoms with Gasteiger partial charge in [0.25, 0.3) is 0 Å². The number of allylic oxidation sites excluding steroid dienone is 1. The lowest BCUT2D eigenvalue weighted by atomic mass is 10.3. The smallest absolute Gasteiger partial charge is 0.222 e. The molecule has 0 N–H and O–H groups in total. The molecule has 0 spiro atoms. The Labute approximate surface area is 78.4 Å². The maximum absolute atomic E-state index is 5.49. The molecule has 2 nitrogen and oxygen atoms in total. The summed E-state index contributed by atoms with van der Waals surface area (Å²) in [6, 6.07) is 0.